The van der Waals surface area contributed by atoms with Gasteiger partial charge in [-0.15, -0.1) is 0 Å². The summed E-state index contributed by atoms with van der Waals surface area (Å²) in [6.07, 6.45) is 0. The Kier molecular flexibility index (Phi) is 4.41. The summed E-state index contributed by atoms with van der Waals surface area (Å²) in [4.78, 5) is 0. The normalized spacial score (nSPS) is 18.6. The van der Waals surface area contributed by atoms with E-state index in [-0.39, 0.29) is 5.82 Å². The fourth-order valence-electron chi connectivity index (χ4n) is 2.60. The van der Waals surface area contributed by atoms with E-state index in [4.69, 9.17) is 9.31 Å². The van der Waals surface area contributed by atoms with Gasteiger partial charge in [0.2, 0.25) is 0 Å². The van der Waals surface area contributed by atoms with Gasteiger partial charge in [0.1, 0.15) is 5.82 Å². The van der Waals surface area contributed by atoms with Gasteiger partial charge in [-0.3, -0.25) is 0 Å². The summed E-state index contributed by atoms with van der Waals surface area (Å²) in [6, 6.07) is 15.0. The smallest absolute Gasteiger partial charge is 0.399 e. The lowest BCUT2D eigenvalue weighted by atomic mass is 9.78. The molecule has 0 unspecified atom stereocenters. The van der Waals surface area contributed by atoms with Crippen molar-refractivity contribution in [2.75, 3.05) is 5.32 Å². The van der Waals surface area contributed by atoms with Crippen molar-refractivity contribution >= 4 is 18.3 Å². The van der Waals surface area contributed by atoms with Crippen LogP contribution in [0, 0.1) is 5.82 Å². The van der Waals surface area contributed by atoms with Gasteiger partial charge in [0, 0.05) is 17.7 Å². The Balaban J connectivity index is 1.78. The summed E-state index contributed by atoms with van der Waals surface area (Å²) >= 11 is 0. The minimum absolute atomic E-state index is 0.321. The molecule has 5 heteroatoms. The van der Waals surface area contributed by atoms with E-state index in [0.29, 0.717) is 12.0 Å². The predicted octanol–water partition coefficient (Wildman–Crippen LogP) is 3.74. The first-order valence-electron chi connectivity index (χ1n) is 8.21. The molecule has 0 aliphatic carbocycles. The van der Waals surface area contributed by atoms with E-state index in [2.05, 4.69) is 5.32 Å². The molecule has 0 bridgehead atoms. The van der Waals surface area contributed by atoms with Crippen LogP contribution >= 0.6 is 0 Å². The molecule has 2 aromatic carbocycles. The van der Waals surface area contributed by atoms with Crippen molar-refractivity contribution in [3.63, 3.8) is 0 Å². The Morgan fingerprint density at radius 1 is 0.958 bits per heavy atom. The summed E-state index contributed by atoms with van der Waals surface area (Å²) in [5, 5.41) is 3.32. The van der Waals surface area contributed by atoms with Crippen molar-refractivity contribution < 1.29 is 13.7 Å². The summed E-state index contributed by atoms with van der Waals surface area (Å²) in [6.45, 7) is 8.52. The van der Waals surface area contributed by atoms with Gasteiger partial charge < -0.3 is 14.6 Å². The molecular formula is C19H23BFNO2. The van der Waals surface area contributed by atoms with Crippen molar-refractivity contribution in [2.45, 2.75) is 45.4 Å². The zero-order chi connectivity index (χ0) is 17.4. The number of hydrogen-bond acceptors (Lipinski definition) is 3. The number of nitrogens with one attached hydrogen (secondary N) is 1. The molecule has 0 saturated carbocycles. The van der Waals surface area contributed by atoms with Crippen molar-refractivity contribution in [1.82, 2.24) is 0 Å². The Morgan fingerprint density at radius 2 is 1.58 bits per heavy atom. The molecule has 1 heterocycles. The van der Waals surface area contributed by atoms with Gasteiger partial charge in [-0.05, 0) is 51.5 Å². The highest BCUT2D eigenvalue weighted by molar-refractivity contribution is 6.62. The van der Waals surface area contributed by atoms with E-state index >= 15 is 0 Å². The lowest BCUT2D eigenvalue weighted by Gasteiger charge is -2.32. The van der Waals surface area contributed by atoms with Crippen molar-refractivity contribution in [1.29, 1.82) is 0 Å². The van der Waals surface area contributed by atoms with Gasteiger partial charge in [-0.25, -0.2) is 4.39 Å². The van der Waals surface area contributed by atoms with Crippen LogP contribution in [0.25, 0.3) is 0 Å². The molecule has 3 nitrogen and oxygen atoms in total. The quantitative estimate of drug-likeness (QED) is 0.868. The molecular weight excluding hydrogens is 304 g/mol. The summed E-state index contributed by atoms with van der Waals surface area (Å²) < 4.78 is 26.2. The van der Waals surface area contributed by atoms with Gasteiger partial charge in [0.25, 0.3) is 0 Å². The molecule has 1 N–H and O–H groups in total. The minimum Gasteiger partial charge on any atom is -0.399 e. The molecule has 1 fully saturated rings. The third-order valence-electron chi connectivity index (χ3n) is 4.84. The van der Waals surface area contributed by atoms with E-state index in [9.17, 15) is 4.39 Å². The molecule has 0 amide bonds. The third kappa shape index (κ3) is 3.33. The highest BCUT2D eigenvalue weighted by Gasteiger charge is 2.52. The Bertz CT molecular complexity index is 703. The number of rotatable bonds is 4. The second-order valence-electron chi connectivity index (χ2n) is 7.16. The van der Waals surface area contributed by atoms with Gasteiger partial charge in [-0.2, -0.15) is 0 Å². The van der Waals surface area contributed by atoms with Gasteiger partial charge in [0.05, 0.1) is 11.2 Å². The van der Waals surface area contributed by atoms with Crippen LogP contribution in [0.3, 0.4) is 0 Å². The van der Waals surface area contributed by atoms with E-state index < -0.39 is 18.3 Å². The largest absolute Gasteiger partial charge is 0.497 e. The van der Waals surface area contributed by atoms with Crippen molar-refractivity contribution in [3.05, 3.63) is 59.9 Å². The van der Waals surface area contributed by atoms with Crippen molar-refractivity contribution in [2.24, 2.45) is 0 Å². The van der Waals surface area contributed by atoms with E-state index in [1.165, 1.54) is 11.6 Å². The molecule has 0 radical (unpaired) electrons. The minimum atomic E-state index is -0.700. The molecule has 0 atom stereocenters. The fraction of sp³-hybridized carbons (Fsp3) is 0.368. The maximum atomic E-state index is 14.3. The fourth-order valence-corrected chi connectivity index (χ4v) is 2.60. The van der Waals surface area contributed by atoms with Crippen LogP contribution in [0.2, 0.25) is 0 Å². The molecule has 1 aliphatic rings. The maximum absolute atomic E-state index is 14.3. The van der Waals surface area contributed by atoms with Gasteiger partial charge >= 0.3 is 7.12 Å². The zero-order valence-corrected chi connectivity index (χ0v) is 14.6. The first-order valence-corrected chi connectivity index (χ1v) is 8.21. The topological polar surface area (TPSA) is 30.5 Å². The van der Waals surface area contributed by atoms with Crippen LogP contribution < -0.4 is 10.8 Å². The average molecular weight is 327 g/mol. The molecule has 3 rings (SSSR count). The molecule has 1 aliphatic heterocycles. The summed E-state index contributed by atoms with van der Waals surface area (Å²) in [7, 11) is -0.700. The van der Waals surface area contributed by atoms with Crippen LogP contribution in [-0.2, 0) is 15.9 Å². The second-order valence-corrected chi connectivity index (χ2v) is 7.16. The van der Waals surface area contributed by atoms with Crippen LogP contribution in [0.15, 0.2) is 48.5 Å². The van der Waals surface area contributed by atoms with E-state index in [1.807, 2.05) is 58.0 Å². The summed E-state index contributed by atoms with van der Waals surface area (Å²) in [5.41, 5.74) is 1.45. The Morgan fingerprint density at radius 3 is 2.21 bits per heavy atom. The average Bonchev–Trinajstić information content (AvgIpc) is 2.75. The second kappa shape index (κ2) is 6.23. The maximum Gasteiger partial charge on any atom is 0.497 e. The Labute approximate surface area is 143 Å². The van der Waals surface area contributed by atoms with Crippen LogP contribution in [-0.4, -0.2) is 18.3 Å². The standard InChI is InChI=1S/C19H23BFNO2/c1-18(2)19(3,4)24-20(23-18)16-12-15(10-11-17(16)21)22-13-14-8-6-5-7-9-14/h5-12,22H,13H2,1-4H3. The first kappa shape index (κ1) is 17.0. The van der Waals surface area contributed by atoms with Crippen LogP contribution in [0.4, 0.5) is 10.1 Å². The predicted molar refractivity (Wildman–Crippen MR) is 95.9 cm³/mol. The monoisotopic (exact) mass is 327 g/mol. The van der Waals surface area contributed by atoms with E-state index in [1.54, 1.807) is 12.1 Å². The molecule has 0 aromatic heterocycles. The van der Waals surface area contributed by atoms with Crippen LogP contribution in [0.5, 0.6) is 0 Å². The number of halogens is 1. The molecule has 126 valence electrons. The number of benzene rings is 2. The number of hydrogen-bond donors (Lipinski definition) is 1. The molecule has 2 aromatic rings. The zero-order valence-electron chi connectivity index (χ0n) is 14.6. The van der Waals surface area contributed by atoms with E-state index in [0.717, 1.165) is 5.69 Å². The highest BCUT2D eigenvalue weighted by Crippen LogP contribution is 2.36. The SMILES string of the molecule is CC1(C)OB(c2cc(NCc3ccccc3)ccc2F)OC1(C)C. The summed E-state index contributed by atoms with van der Waals surface area (Å²) in [5.74, 6) is -0.321. The van der Waals surface area contributed by atoms with Crippen molar-refractivity contribution in [3.8, 4) is 0 Å². The lowest BCUT2D eigenvalue weighted by Crippen LogP contribution is -2.41. The molecule has 24 heavy (non-hydrogen) atoms. The molecule has 1 saturated heterocycles. The van der Waals surface area contributed by atoms with Gasteiger partial charge in [0.15, 0.2) is 0 Å². The Hall–Kier alpha value is -1.85. The highest BCUT2D eigenvalue weighted by atomic mass is 19.1. The third-order valence-corrected chi connectivity index (χ3v) is 4.84. The lowest BCUT2D eigenvalue weighted by molar-refractivity contribution is 0.00578. The van der Waals surface area contributed by atoms with Gasteiger partial charge in [-0.1, -0.05) is 30.3 Å². The molecule has 0 spiro atoms. The number of anilines is 1. The van der Waals surface area contributed by atoms with Crippen LogP contribution in [0.1, 0.15) is 33.3 Å². The first-order chi connectivity index (χ1) is 11.3.